The molecule has 3 rings (SSSR count). The fraction of sp³-hybridized carbons (Fsp3) is 0.529. The zero-order chi connectivity index (χ0) is 31.8. The van der Waals surface area contributed by atoms with E-state index in [-0.39, 0.29) is 19.1 Å². The first-order chi connectivity index (χ1) is 20.5. The summed E-state index contributed by atoms with van der Waals surface area (Å²) in [6.45, 7) is 14.0. The number of carbonyl (C=O) groups excluding carboxylic acids is 2. The maximum Gasteiger partial charge on any atom is 0.303 e. The van der Waals surface area contributed by atoms with Gasteiger partial charge in [0.25, 0.3) is 0 Å². The van der Waals surface area contributed by atoms with Gasteiger partial charge in [-0.2, -0.15) is 0 Å². The second kappa shape index (κ2) is 14.9. The van der Waals surface area contributed by atoms with Crippen molar-refractivity contribution in [2.45, 2.75) is 89.7 Å². The quantitative estimate of drug-likeness (QED) is 0.254. The second-order valence-electron chi connectivity index (χ2n) is 12.1. The molecule has 234 valence electrons. The zero-order valence-electron chi connectivity index (χ0n) is 27.0. The van der Waals surface area contributed by atoms with Gasteiger partial charge in [-0.15, -0.1) is 5.54 Å². The highest BCUT2D eigenvalue weighted by Crippen LogP contribution is 2.41. The monoisotopic (exact) mass is 608 g/mol. The molecule has 0 unspecified atom stereocenters. The molecule has 1 saturated heterocycles. The molecule has 0 bridgehead atoms. The largest absolute Gasteiger partial charge is 0.497 e. The van der Waals surface area contributed by atoms with Crippen molar-refractivity contribution in [3.8, 4) is 23.0 Å². The Kier molecular flexibility index (Phi) is 11.9. The molecule has 2 amide bonds. The summed E-state index contributed by atoms with van der Waals surface area (Å²) in [6, 6.07) is 12.5. The van der Waals surface area contributed by atoms with E-state index in [0.29, 0.717) is 65.4 Å². The second-order valence-corrected chi connectivity index (χ2v) is 17.7. The summed E-state index contributed by atoms with van der Waals surface area (Å²) in [6.07, 6.45) is 0.629. The van der Waals surface area contributed by atoms with Gasteiger partial charge in [0, 0.05) is 49.9 Å². The van der Waals surface area contributed by atoms with E-state index in [1.54, 1.807) is 49.5 Å². The van der Waals surface area contributed by atoms with Crippen LogP contribution in [0.5, 0.6) is 11.5 Å². The minimum Gasteiger partial charge on any atom is -0.497 e. The average Bonchev–Trinajstić information content (AvgIpc) is 3.00. The van der Waals surface area contributed by atoms with Crippen LogP contribution in [0, 0.1) is 11.5 Å². The Morgan fingerprint density at radius 3 is 2.09 bits per heavy atom. The molecule has 0 atom stereocenters. The fourth-order valence-corrected chi connectivity index (χ4v) is 11.7. The summed E-state index contributed by atoms with van der Waals surface area (Å²) < 4.78 is 16.5. The summed E-state index contributed by atoms with van der Waals surface area (Å²) in [5.74, 6) is 3.63. The third-order valence-corrected chi connectivity index (χ3v) is 15.2. The summed E-state index contributed by atoms with van der Waals surface area (Å²) in [4.78, 5) is 30.2. The van der Waals surface area contributed by atoms with Crippen LogP contribution in [0.25, 0.3) is 0 Å². The van der Waals surface area contributed by atoms with Crippen molar-refractivity contribution in [2.24, 2.45) is 0 Å². The number of ether oxygens (including phenoxy) is 3. The number of rotatable bonds is 11. The van der Waals surface area contributed by atoms with Gasteiger partial charge in [0.2, 0.25) is 5.91 Å². The number of aliphatic hydroxyl groups excluding tert-OH is 1. The topological polar surface area (TPSA) is 97.3 Å². The van der Waals surface area contributed by atoms with Crippen LogP contribution >= 0.6 is 0 Å². The molecule has 1 aliphatic rings. The molecule has 9 heteroatoms. The first-order valence-electron chi connectivity index (χ1n) is 15.1. The average molecular weight is 609 g/mol. The number of benzene rings is 2. The van der Waals surface area contributed by atoms with E-state index in [0.717, 1.165) is 5.56 Å². The van der Waals surface area contributed by atoms with E-state index in [1.165, 1.54) is 0 Å². The lowest BCUT2D eigenvalue weighted by Gasteiger charge is -2.44. The number of hydrogen-bond donors (Lipinski definition) is 2. The first kappa shape index (κ1) is 34.2. The molecule has 2 aromatic rings. The number of aliphatic hydroxyl groups is 1. The molecule has 0 aromatic heterocycles. The highest BCUT2D eigenvalue weighted by atomic mass is 28.3. The molecular formula is C34H48N2O6Si. The molecule has 0 saturated carbocycles. The van der Waals surface area contributed by atoms with Gasteiger partial charge < -0.3 is 24.6 Å². The Labute approximate surface area is 258 Å². The van der Waals surface area contributed by atoms with Crippen LogP contribution in [-0.4, -0.2) is 58.0 Å². The van der Waals surface area contributed by atoms with Crippen LogP contribution in [0.3, 0.4) is 0 Å². The molecule has 8 nitrogen and oxygen atoms in total. The molecule has 43 heavy (non-hydrogen) atoms. The highest BCUT2D eigenvalue weighted by molar-refractivity contribution is 6.90. The highest BCUT2D eigenvalue weighted by Gasteiger charge is 2.49. The van der Waals surface area contributed by atoms with E-state index < -0.39 is 19.5 Å². The van der Waals surface area contributed by atoms with Crippen LogP contribution in [0.1, 0.15) is 65.5 Å². The zero-order valence-corrected chi connectivity index (χ0v) is 28.0. The third-order valence-electron chi connectivity index (χ3n) is 8.94. The summed E-state index contributed by atoms with van der Waals surface area (Å²) >= 11 is 0. The lowest BCUT2D eigenvalue weighted by molar-refractivity contribution is -0.133. The van der Waals surface area contributed by atoms with E-state index in [2.05, 4.69) is 58.3 Å². The maximum atomic E-state index is 14.3. The lowest BCUT2D eigenvalue weighted by Crippen LogP contribution is -2.63. The molecule has 2 N–H and O–H groups in total. The minimum absolute atomic E-state index is 0.123. The van der Waals surface area contributed by atoms with Gasteiger partial charge in [0.05, 0.1) is 20.8 Å². The number of carbonyl (C=O) groups is 2. The number of methoxy groups -OCH3 is 2. The van der Waals surface area contributed by atoms with Gasteiger partial charge >= 0.3 is 5.91 Å². The summed E-state index contributed by atoms with van der Waals surface area (Å²) in [5.41, 5.74) is 5.44. The van der Waals surface area contributed by atoms with Crippen molar-refractivity contribution in [2.75, 3.05) is 32.3 Å². The van der Waals surface area contributed by atoms with Gasteiger partial charge in [-0.1, -0.05) is 53.7 Å². The molecule has 1 heterocycles. The van der Waals surface area contributed by atoms with Gasteiger partial charge in [-0.3, -0.25) is 14.5 Å². The number of amides is 2. The smallest absolute Gasteiger partial charge is 0.303 e. The van der Waals surface area contributed by atoms with Gasteiger partial charge in [0.1, 0.15) is 25.1 Å². The Morgan fingerprint density at radius 1 is 0.977 bits per heavy atom. The van der Waals surface area contributed by atoms with Crippen LogP contribution < -0.4 is 19.7 Å². The van der Waals surface area contributed by atoms with Crippen LogP contribution in [0.15, 0.2) is 42.5 Å². The van der Waals surface area contributed by atoms with Crippen molar-refractivity contribution in [1.82, 2.24) is 5.32 Å². The van der Waals surface area contributed by atoms with Crippen molar-refractivity contribution in [1.29, 1.82) is 0 Å². The van der Waals surface area contributed by atoms with Crippen molar-refractivity contribution >= 4 is 25.6 Å². The third kappa shape index (κ3) is 7.26. The van der Waals surface area contributed by atoms with Crippen molar-refractivity contribution in [3.63, 3.8) is 0 Å². The van der Waals surface area contributed by atoms with E-state index >= 15 is 0 Å². The summed E-state index contributed by atoms with van der Waals surface area (Å²) in [5, 5.41) is 12.7. The van der Waals surface area contributed by atoms with E-state index in [1.807, 2.05) is 12.1 Å². The van der Waals surface area contributed by atoms with Crippen LogP contribution in [0.4, 0.5) is 5.69 Å². The Morgan fingerprint density at radius 2 is 1.58 bits per heavy atom. The lowest BCUT2D eigenvalue weighted by atomic mass is 9.85. The van der Waals surface area contributed by atoms with Crippen molar-refractivity contribution in [3.05, 3.63) is 53.6 Å². The Hall–Kier alpha value is -3.32. The van der Waals surface area contributed by atoms with Crippen LogP contribution in [0.2, 0.25) is 16.6 Å². The first-order valence-corrected chi connectivity index (χ1v) is 17.3. The molecular weight excluding hydrogens is 560 g/mol. The van der Waals surface area contributed by atoms with E-state index in [9.17, 15) is 14.7 Å². The minimum atomic E-state index is -2.22. The predicted octanol–water partition coefficient (Wildman–Crippen LogP) is 5.62. The standard InChI is InChI=1S/C34H48N2O6Si/c1-24(2)43(25(3)4,26(5)6)20-15-32(38)36(29-12-9-27(23-37)10-13-29)34(16-18-42-19-17-34)33(39)35-22-28-11-14-30(40-7)21-31(28)41-8/h9-14,21,24-26,37H,16-19,22-23H2,1-8H3,(H,35,39). The molecule has 1 fully saturated rings. The maximum absolute atomic E-state index is 14.3. The molecule has 0 radical (unpaired) electrons. The van der Waals surface area contributed by atoms with Crippen LogP contribution in [-0.2, 0) is 27.5 Å². The fourth-order valence-electron chi connectivity index (χ4n) is 6.56. The Bertz CT molecular complexity index is 1280. The van der Waals surface area contributed by atoms with Gasteiger partial charge in [-0.05, 0) is 52.4 Å². The summed E-state index contributed by atoms with van der Waals surface area (Å²) in [7, 11) is 0.938. The SMILES string of the molecule is COc1ccc(CNC(=O)C2(N(C(=O)C#C[Si](C(C)C)(C(C)C)C(C)C)c3ccc(CO)cc3)CCOCC2)c(OC)c1. The number of nitrogens with one attached hydrogen (secondary N) is 1. The molecule has 2 aromatic carbocycles. The number of hydrogen-bond acceptors (Lipinski definition) is 6. The molecule has 1 aliphatic heterocycles. The normalized spacial score (nSPS) is 14.7. The van der Waals surface area contributed by atoms with Crippen molar-refractivity contribution < 1.29 is 28.9 Å². The number of nitrogens with zero attached hydrogens (tertiary/aromatic N) is 1. The van der Waals surface area contributed by atoms with Gasteiger partial charge in [0.15, 0.2) is 0 Å². The number of anilines is 1. The molecule has 0 aliphatic carbocycles. The van der Waals surface area contributed by atoms with Gasteiger partial charge in [-0.25, -0.2) is 0 Å². The predicted molar refractivity (Wildman–Crippen MR) is 173 cm³/mol. The van der Waals surface area contributed by atoms with E-state index in [4.69, 9.17) is 14.2 Å². The Balaban J connectivity index is 2.10. The molecule has 0 spiro atoms.